The molecule has 3 heterocycles. The van der Waals surface area contributed by atoms with E-state index < -0.39 is 11.5 Å². The van der Waals surface area contributed by atoms with Crippen LogP contribution in [0.5, 0.6) is 5.75 Å². The molecule has 2 aliphatic rings. The molecule has 0 amide bonds. The number of nitrogens with one attached hydrogen (secondary N) is 2. The summed E-state index contributed by atoms with van der Waals surface area (Å²) in [6, 6.07) is 7.15. The molecule has 0 radical (unpaired) electrons. The second kappa shape index (κ2) is 9.27. The van der Waals surface area contributed by atoms with Gasteiger partial charge < -0.3 is 24.5 Å². The highest BCUT2D eigenvalue weighted by Crippen LogP contribution is 2.38. The maximum Gasteiger partial charge on any atom is 0.341 e. The highest BCUT2D eigenvalue weighted by atomic mass is 16.5. The number of likely N-dealkylation sites (tertiary alicyclic amines) is 1. The fraction of sp³-hybridized carbons (Fsp3) is 0.462. The van der Waals surface area contributed by atoms with Crippen molar-refractivity contribution < 1.29 is 19.4 Å². The van der Waals surface area contributed by atoms with Crippen molar-refractivity contribution in [3.05, 3.63) is 63.2 Å². The van der Waals surface area contributed by atoms with Crippen LogP contribution in [0.1, 0.15) is 58.9 Å². The summed E-state index contributed by atoms with van der Waals surface area (Å²) in [6.45, 7) is 4.29. The predicted molar refractivity (Wildman–Crippen MR) is 128 cm³/mol. The average molecular weight is 466 g/mol. The number of aromatic amines is 2. The number of nitrogens with zero attached hydrogens (tertiary/aromatic N) is 1. The predicted octanol–water partition coefficient (Wildman–Crippen LogP) is 4.00. The quantitative estimate of drug-likeness (QED) is 0.464. The lowest BCUT2D eigenvalue weighted by atomic mass is 9.94. The Bertz CT molecular complexity index is 1260. The van der Waals surface area contributed by atoms with E-state index in [0.717, 1.165) is 53.8 Å². The Morgan fingerprint density at radius 3 is 2.76 bits per heavy atom. The van der Waals surface area contributed by atoms with Crippen LogP contribution in [0.25, 0.3) is 10.9 Å². The van der Waals surface area contributed by atoms with Gasteiger partial charge in [-0.1, -0.05) is 0 Å². The Labute approximate surface area is 197 Å². The van der Waals surface area contributed by atoms with Crippen LogP contribution in [0.3, 0.4) is 0 Å². The Morgan fingerprint density at radius 1 is 1.24 bits per heavy atom. The van der Waals surface area contributed by atoms with Crippen molar-refractivity contribution in [2.24, 2.45) is 5.92 Å². The first kappa shape index (κ1) is 22.7. The standard InChI is InChI=1S/C26H31N3O5/c1-15-11-23(33-2)20(18-7-9-27-24(15)18)13-29-10-8-17(34-14-16-3-4-16)12-22(29)21-6-5-19(26(31)32)25(30)28-21/h5-7,9,11,16-17,22,27H,3-4,8,10,12-14H2,1-2H3,(H,28,30)(H,31,32)/t17-,22-/m0/s1. The minimum absolute atomic E-state index is 0.103. The van der Waals surface area contributed by atoms with Gasteiger partial charge >= 0.3 is 5.97 Å². The molecule has 1 aliphatic carbocycles. The molecule has 2 aromatic heterocycles. The number of carbonyl (C=O) groups is 1. The molecule has 3 N–H and O–H groups in total. The molecule has 180 valence electrons. The molecule has 0 bridgehead atoms. The number of rotatable bonds is 8. The number of methoxy groups -OCH3 is 1. The van der Waals surface area contributed by atoms with Crippen LogP contribution >= 0.6 is 0 Å². The molecule has 2 fully saturated rings. The number of hydrogen-bond donors (Lipinski definition) is 3. The van der Waals surface area contributed by atoms with E-state index in [1.54, 1.807) is 13.2 Å². The number of carboxylic acid groups (broad SMARTS) is 1. The van der Waals surface area contributed by atoms with Gasteiger partial charge in [-0.2, -0.15) is 0 Å². The molecule has 2 atom stereocenters. The van der Waals surface area contributed by atoms with Crippen LogP contribution in [-0.4, -0.2) is 52.3 Å². The van der Waals surface area contributed by atoms with Gasteiger partial charge in [-0.3, -0.25) is 9.69 Å². The normalized spacial score (nSPS) is 21.1. The van der Waals surface area contributed by atoms with Gasteiger partial charge in [0.2, 0.25) is 0 Å². The molecule has 8 nitrogen and oxygen atoms in total. The first-order chi connectivity index (χ1) is 16.4. The fourth-order valence-electron chi connectivity index (χ4n) is 5.04. The smallest absolute Gasteiger partial charge is 0.341 e. The maximum absolute atomic E-state index is 12.5. The van der Waals surface area contributed by atoms with Gasteiger partial charge in [0.15, 0.2) is 0 Å². The number of fused-ring (bicyclic) bond motifs is 1. The molecule has 1 saturated carbocycles. The van der Waals surface area contributed by atoms with Crippen molar-refractivity contribution in [2.75, 3.05) is 20.3 Å². The monoisotopic (exact) mass is 465 g/mol. The van der Waals surface area contributed by atoms with E-state index in [-0.39, 0.29) is 17.7 Å². The molecular weight excluding hydrogens is 434 g/mol. The molecule has 1 aliphatic heterocycles. The van der Waals surface area contributed by atoms with Gasteiger partial charge in [0.25, 0.3) is 5.56 Å². The lowest BCUT2D eigenvalue weighted by molar-refractivity contribution is -0.0238. The fourth-order valence-corrected chi connectivity index (χ4v) is 5.04. The molecule has 8 heteroatoms. The van der Waals surface area contributed by atoms with Crippen LogP contribution in [0.4, 0.5) is 0 Å². The summed E-state index contributed by atoms with van der Waals surface area (Å²) in [5, 5.41) is 10.4. The number of carboxylic acids is 1. The van der Waals surface area contributed by atoms with E-state index in [1.807, 2.05) is 6.20 Å². The summed E-state index contributed by atoms with van der Waals surface area (Å²) in [5.41, 5.74) is 3.20. The van der Waals surface area contributed by atoms with Crippen molar-refractivity contribution in [1.29, 1.82) is 0 Å². The first-order valence-electron chi connectivity index (χ1n) is 11.9. The van der Waals surface area contributed by atoms with Crippen LogP contribution < -0.4 is 10.3 Å². The van der Waals surface area contributed by atoms with Crippen LogP contribution in [-0.2, 0) is 11.3 Å². The van der Waals surface area contributed by atoms with Crippen molar-refractivity contribution in [3.63, 3.8) is 0 Å². The first-order valence-corrected chi connectivity index (χ1v) is 11.9. The number of piperidine rings is 1. The zero-order chi connectivity index (χ0) is 23.8. The number of pyridine rings is 1. The van der Waals surface area contributed by atoms with Crippen molar-refractivity contribution in [2.45, 2.75) is 51.3 Å². The summed E-state index contributed by atoms with van der Waals surface area (Å²) in [7, 11) is 1.69. The maximum atomic E-state index is 12.5. The molecule has 5 rings (SSSR count). The van der Waals surface area contributed by atoms with Crippen LogP contribution in [0.15, 0.2) is 35.3 Å². The van der Waals surface area contributed by atoms with Crippen LogP contribution in [0, 0.1) is 12.8 Å². The number of aromatic nitrogens is 2. The number of H-pyrrole nitrogens is 2. The molecule has 34 heavy (non-hydrogen) atoms. The van der Waals surface area contributed by atoms with E-state index in [9.17, 15) is 14.7 Å². The number of aromatic carboxylic acids is 1. The topological polar surface area (TPSA) is 108 Å². The van der Waals surface area contributed by atoms with E-state index in [2.05, 4.69) is 33.9 Å². The molecule has 1 aromatic carbocycles. The Morgan fingerprint density at radius 2 is 2.06 bits per heavy atom. The SMILES string of the molecule is COc1cc(C)c2[nH]ccc2c1CN1CC[C@H](OCC2CC2)C[C@H]1c1ccc(C(=O)O)c(=O)[nH]1. The molecule has 3 aromatic rings. The summed E-state index contributed by atoms with van der Waals surface area (Å²) >= 11 is 0. The summed E-state index contributed by atoms with van der Waals surface area (Å²) in [6.07, 6.45) is 6.18. The summed E-state index contributed by atoms with van der Waals surface area (Å²) < 4.78 is 12.0. The van der Waals surface area contributed by atoms with Crippen molar-refractivity contribution >= 4 is 16.9 Å². The minimum atomic E-state index is -1.22. The third kappa shape index (κ3) is 4.48. The highest BCUT2D eigenvalue weighted by Gasteiger charge is 2.33. The van der Waals surface area contributed by atoms with Gasteiger partial charge in [0.05, 0.1) is 19.3 Å². The van der Waals surface area contributed by atoms with Gasteiger partial charge in [-0.25, -0.2) is 4.79 Å². The molecule has 0 spiro atoms. The third-order valence-corrected chi connectivity index (χ3v) is 7.14. The van der Waals surface area contributed by atoms with Crippen molar-refractivity contribution in [3.8, 4) is 5.75 Å². The zero-order valence-corrected chi connectivity index (χ0v) is 19.6. The minimum Gasteiger partial charge on any atom is -0.496 e. The lowest BCUT2D eigenvalue weighted by Crippen LogP contribution is -2.40. The Balaban J connectivity index is 1.47. The number of benzene rings is 1. The number of ether oxygens (including phenoxy) is 2. The average Bonchev–Trinajstić information content (AvgIpc) is 3.52. The van der Waals surface area contributed by atoms with Crippen molar-refractivity contribution in [1.82, 2.24) is 14.9 Å². The van der Waals surface area contributed by atoms with Gasteiger partial charge in [0.1, 0.15) is 11.3 Å². The lowest BCUT2D eigenvalue weighted by Gasteiger charge is -2.39. The second-order valence-corrected chi connectivity index (χ2v) is 9.51. The van der Waals surface area contributed by atoms with E-state index in [1.165, 1.54) is 18.9 Å². The van der Waals surface area contributed by atoms with Gasteiger partial charge in [0, 0.05) is 48.1 Å². The Hall–Kier alpha value is -3.10. The van der Waals surface area contributed by atoms with Gasteiger partial charge in [-0.05, 0) is 68.4 Å². The summed E-state index contributed by atoms with van der Waals surface area (Å²) in [5.74, 6) is 0.299. The largest absolute Gasteiger partial charge is 0.496 e. The zero-order valence-electron chi connectivity index (χ0n) is 19.6. The number of hydrogen-bond acceptors (Lipinski definition) is 5. The Kier molecular flexibility index (Phi) is 6.18. The van der Waals surface area contributed by atoms with E-state index in [4.69, 9.17) is 9.47 Å². The van der Waals surface area contributed by atoms with Crippen LogP contribution in [0.2, 0.25) is 0 Å². The highest BCUT2D eigenvalue weighted by molar-refractivity contribution is 5.88. The molecule has 0 unspecified atom stereocenters. The van der Waals surface area contributed by atoms with E-state index >= 15 is 0 Å². The molecule has 1 saturated heterocycles. The summed E-state index contributed by atoms with van der Waals surface area (Å²) in [4.78, 5) is 32.3. The molecular formula is C26H31N3O5. The van der Waals surface area contributed by atoms with Gasteiger partial charge in [-0.15, -0.1) is 0 Å². The third-order valence-electron chi connectivity index (χ3n) is 7.14. The second-order valence-electron chi connectivity index (χ2n) is 9.51. The van der Waals surface area contributed by atoms with E-state index in [0.29, 0.717) is 18.2 Å². The number of aryl methyl sites for hydroxylation is 1.